The van der Waals surface area contributed by atoms with Crippen LogP contribution in [0.15, 0.2) is 0 Å². The smallest absolute Gasteiger partial charge is 0.409 e. The number of nitrogens with two attached hydrogens (primary N) is 1. The van der Waals surface area contributed by atoms with E-state index < -0.39 is 0 Å². The summed E-state index contributed by atoms with van der Waals surface area (Å²) in [7, 11) is 0. The van der Waals surface area contributed by atoms with Crippen LogP contribution in [0.25, 0.3) is 0 Å². The highest BCUT2D eigenvalue weighted by Gasteiger charge is 2.28. The standard InChI is InChI=1S/C11H22N2O2/c1-3-4-9-15-10(14)13-7-5-11(2,12)6-8-13/h3-9,12H2,1-2H3. The maximum atomic E-state index is 11.5. The quantitative estimate of drug-likeness (QED) is 0.728. The second kappa shape index (κ2) is 5.35. The molecule has 0 aliphatic carbocycles. The van der Waals surface area contributed by atoms with E-state index in [4.69, 9.17) is 10.5 Å². The predicted molar refractivity (Wildman–Crippen MR) is 59.7 cm³/mol. The minimum absolute atomic E-state index is 0.111. The van der Waals surface area contributed by atoms with Gasteiger partial charge in [0, 0.05) is 18.6 Å². The number of ether oxygens (including phenoxy) is 1. The third-order valence-electron chi connectivity index (χ3n) is 2.89. The van der Waals surface area contributed by atoms with Crippen LogP contribution in [-0.4, -0.2) is 36.2 Å². The van der Waals surface area contributed by atoms with Gasteiger partial charge in [-0.05, 0) is 26.2 Å². The molecule has 0 aromatic heterocycles. The van der Waals surface area contributed by atoms with E-state index in [1.807, 2.05) is 6.92 Å². The summed E-state index contributed by atoms with van der Waals surface area (Å²) in [5.74, 6) is 0. The van der Waals surface area contributed by atoms with Gasteiger partial charge in [0.1, 0.15) is 0 Å². The first kappa shape index (κ1) is 12.3. The van der Waals surface area contributed by atoms with Crippen LogP contribution < -0.4 is 5.73 Å². The van der Waals surface area contributed by atoms with Crippen LogP contribution in [-0.2, 0) is 4.74 Å². The first-order valence-electron chi connectivity index (χ1n) is 5.76. The zero-order chi connectivity index (χ0) is 11.3. The van der Waals surface area contributed by atoms with Crippen molar-refractivity contribution in [1.29, 1.82) is 0 Å². The summed E-state index contributed by atoms with van der Waals surface area (Å²) in [6, 6.07) is 0. The summed E-state index contributed by atoms with van der Waals surface area (Å²) in [4.78, 5) is 13.3. The zero-order valence-electron chi connectivity index (χ0n) is 9.79. The van der Waals surface area contributed by atoms with Crippen molar-refractivity contribution in [2.75, 3.05) is 19.7 Å². The van der Waals surface area contributed by atoms with Crippen LogP contribution in [0.3, 0.4) is 0 Å². The van der Waals surface area contributed by atoms with Crippen LogP contribution in [0.1, 0.15) is 39.5 Å². The molecule has 0 aromatic rings. The molecule has 15 heavy (non-hydrogen) atoms. The van der Waals surface area contributed by atoms with Gasteiger partial charge in [0.2, 0.25) is 0 Å². The van der Waals surface area contributed by atoms with Crippen LogP contribution >= 0.6 is 0 Å². The molecule has 0 unspecified atom stereocenters. The van der Waals surface area contributed by atoms with E-state index >= 15 is 0 Å². The van der Waals surface area contributed by atoms with Crippen molar-refractivity contribution in [3.8, 4) is 0 Å². The number of rotatable bonds is 3. The Hall–Kier alpha value is -0.770. The molecule has 1 rings (SSSR count). The number of carbonyl (C=O) groups excluding carboxylic acids is 1. The van der Waals surface area contributed by atoms with Crippen molar-refractivity contribution in [2.24, 2.45) is 5.73 Å². The summed E-state index contributed by atoms with van der Waals surface area (Å²) in [5, 5.41) is 0. The SMILES string of the molecule is CCCCOC(=O)N1CCC(C)(N)CC1. The third-order valence-corrected chi connectivity index (χ3v) is 2.89. The minimum atomic E-state index is -0.182. The molecule has 4 nitrogen and oxygen atoms in total. The Morgan fingerprint density at radius 3 is 2.60 bits per heavy atom. The number of carbonyl (C=O) groups is 1. The first-order chi connectivity index (χ1) is 7.05. The molecule has 1 fully saturated rings. The number of unbranched alkanes of at least 4 members (excludes halogenated alkanes) is 1. The van der Waals surface area contributed by atoms with Gasteiger partial charge in [0.25, 0.3) is 0 Å². The number of nitrogens with zero attached hydrogens (tertiary/aromatic N) is 1. The normalized spacial score (nSPS) is 20.1. The van der Waals surface area contributed by atoms with Crippen LogP contribution in [0.5, 0.6) is 0 Å². The minimum Gasteiger partial charge on any atom is -0.449 e. The monoisotopic (exact) mass is 214 g/mol. The predicted octanol–water partition coefficient (Wildman–Crippen LogP) is 1.74. The van der Waals surface area contributed by atoms with Gasteiger partial charge in [-0.1, -0.05) is 13.3 Å². The van der Waals surface area contributed by atoms with Gasteiger partial charge in [-0.3, -0.25) is 0 Å². The van der Waals surface area contributed by atoms with E-state index in [1.54, 1.807) is 4.90 Å². The van der Waals surface area contributed by atoms with E-state index in [1.165, 1.54) is 0 Å². The van der Waals surface area contributed by atoms with E-state index in [-0.39, 0.29) is 11.6 Å². The summed E-state index contributed by atoms with van der Waals surface area (Å²) in [6.45, 7) is 6.09. The number of amides is 1. The molecule has 0 radical (unpaired) electrons. The maximum absolute atomic E-state index is 11.5. The van der Waals surface area contributed by atoms with Crippen molar-refractivity contribution in [1.82, 2.24) is 4.90 Å². The fraction of sp³-hybridized carbons (Fsp3) is 0.909. The summed E-state index contributed by atoms with van der Waals surface area (Å²) in [6.07, 6.45) is 3.52. The molecule has 2 N–H and O–H groups in total. The molecule has 88 valence electrons. The molecule has 0 bridgehead atoms. The fourth-order valence-electron chi connectivity index (χ4n) is 1.60. The van der Waals surface area contributed by atoms with E-state index in [2.05, 4.69) is 6.92 Å². The lowest BCUT2D eigenvalue weighted by atomic mass is 9.91. The van der Waals surface area contributed by atoms with Gasteiger partial charge in [0.05, 0.1) is 6.61 Å². The van der Waals surface area contributed by atoms with Gasteiger partial charge in [0.15, 0.2) is 0 Å². The molecule has 1 aliphatic rings. The average Bonchev–Trinajstić information content (AvgIpc) is 2.18. The highest BCUT2D eigenvalue weighted by atomic mass is 16.6. The van der Waals surface area contributed by atoms with Gasteiger partial charge in [-0.15, -0.1) is 0 Å². The first-order valence-corrected chi connectivity index (χ1v) is 5.76. The van der Waals surface area contributed by atoms with E-state index in [9.17, 15) is 4.79 Å². The molecule has 0 saturated carbocycles. The lowest BCUT2D eigenvalue weighted by Gasteiger charge is -2.36. The van der Waals surface area contributed by atoms with Crippen molar-refractivity contribution < 1.29 is 9.53 Å². The Bertz CT molecular complexity index is 207. The largest absolute Gasteiger partial charge is 0.449 e. The number of hydrogen-bond donors (Lipinski definition) is 1. The second-order valence-electron chi connectivity index (χ2n) is 4.61. The molecule has 0 atom stereocenters. The molecular weight excluding hydrogens is 192 g/mol. The van der Waals surface area contributed by atoms with Crippen molar-refractivity contribution in [3.05, 3.63) is 0 Å². The molecule has 0 aromatic carbocycles. The van der Waals surface area contributed by atoms with Gasteiger partial charge >= 0.3 is 6.09 Å². The third kappa shape index (κ3) is 4.08. The molecule has 1 aliphatic heterocycles. The molecule has 0 spiro atoms. The highest BCUT2D eigenvalue weighted by molar-refractivity contribution is 5.67. The number of hydrogen-bond acceptors (Lipinski definition) is 3. The average molecular weight is 214 g/mol. The number of piperidine rings is 1. The summed E-state index contributed by atoms with van der Waals surface area (Å²) in [5.41, 5.74) is 5.87. The topological polar surface area (TPSA) is 55.6 Å². The Morgan fingerprint density at radius 2 is 2.07 bits per heavy atom. The van der Waals surface area contributed by atoms with E-state index in [0.29, 0.717) is 6.61 Å². The number of likely N-dealkylation sites (tertiary alicyclic amines) is 1. The second-order valence-corrected chi connectivity index (χ2v) is 4.61. The van der Waals surface area contributed by atoms with Gasteiger partial charge < -0.3 is 15.4 Å². The fourth-order valence-corrected chi connectivity index (χ4v) is 1.60. The van der Waals surface area contributed by atoms with Crippen molar-refractivity contribution in [2.45, 2.75) is 45.1 Å². The zero-order valence-corrected chi connectivity index (χ0v) is 9.79. The Balaban J connectivity index is 2.24. The highest BCUT2D eigenvalue weighted by Crippen LogP contribution is 2.19. The Labute approximate surface area is 91.8 Å². The summed E-state index contributed by atoms with van der Waals surface area (Å²) < 4.78 is 5.14. The van der Waals surface area contributed by atoms with Crippen molar-refractivity contribution >= 4 is 6.09 Å². The molecule has 1 heterocycles. The Morgan fingerprint density at radius 1 is 1.47 bits per heavy atom. The van der Waals surface area contributed by atoms with E-state index in [0.717, 1.165) is 38.8 Å². The molecule has 1 saturated heterocycles. The molecule has 1 amide bonds. The summed E-state index contributed by atoms with van der Waals surface area (Å²) >= 11 is 0. The molecule has 4 heteroatoms. The van der Waals surface area contributed by atoms with Crippen LogP contribution in [0, 0.1) is 0 Å². The van der Waals surface area contributed by atoms with Crippen LogP contribution in [0.4, 0.5) is 4.79 Å². The van der Waals surface area contributed by atoms with Crippen molar-refractivity contribution in [3.63, 3.8) is 0 Å². The lowest BCUT2D eigenvalue weighted by Crippen LogP contribution is -2.50. The van der Waals surface area contributed by atoms with Gasteiger partial charge in [-0.2, -0.15) is 0 Å². The molecular formula is C11H22N2O2. The Kier molecular flexibility index (Phi) is 4.39. The van der Waals surface area contributed by atoms with Gasteiger partial charge in [-0.25, -0.2) is 4.79 Å². The lowest BCUT2D eigenvalue weighted by molar-refractivity contribution is 0.0846. The maximum Gasteiger partial charge on any atom is 0.409 e. The van der Waals surface area contributed by atoms with Crippen LogP contribution in [0.2, 0.25) is 0 Å².